The molecule has 1 atom stereocenters. The van der Waals surface area contributed by atoms with Crippen LogP contribution in [0.1, 0.15) is 35.3 Å². The van der Waals surface area contributed by atoms with E-state index in [4.69, 9.17) is 0 Å². The monoisotopic (exact) mass is 325 g/mol. The van der Waals surface area contributed by atoms with Gasteiger partial charge in [-0.05, 0) is 19.1 Å². The quantitative estimate of drug-likeness (QED) is 0.630. The summed E-state index contributed by atoms with van der Waals surface area (Å²) in [6, 6.07) is -0.974. The summed E-state index contributed by atoms with van der Waals surface area (Å²) < 4.78 is 113. The lowest BCUT2D eigenvalue weighted by Crippen LogP contribution is -2.20. The molecule has 0 saturated carbocycles. The lowest BCUT2D eigenvalue weighted by Gasteiger charge is -2.22. The van der Waals surface area contributed by atoms with Gasteiger partial charge in [0.1, 0.15) is 6.10 Å². The molecule has 1 aromatic carbocycles. The van der Waals surface area contributed by atoms with E-state index in [1.165, 1.54) is 0 Å². The van der Waals surface area contributed by atoms with Gasteiger partial charge in [-0.15, -0.1) is 0 Å². The lowest BCUT2D eigenvalue weighted by atomic mass is 9.93. The van der Waals surface area contributed by atoms with E-state index >= 15 is 0 Å². The zero-order chi connectivity index (χ0) is 16.8. The van der Waals surface area contributed by atoms with Crippen molar-refractivity contribution < 1.29 is 44.6 Å². The van der Waals surface area contributed by atoms with E-state index in [2.05, 4.69) is 0 Å². The first-order valence-corrected chi connectivity index (χ1v) is 5.21. The van der Waals surface area contributed by atoms with Crippen LogP contribution in [0.15, 0.2) is 12.1 Å². The van der Waals surface area contributed by atoms with Crippen molar-refractivity contribution in [1.29, 1.82) is 0 Å². The number of hydrogen-bond acceptors (Lipinski definition) is 0. The summed E-state index contributed by atoms with van der Waals surface area (Å²) in [5.74, 6) is 0. The fourth-order valence-electron chi connectivity index (χ4n) is 1.72. The molecule has 0 aliphatic rings. The molecule has 1 rings (SSSR count). The maximum absolute atomic E-state index is 12.7. The fourth-order valence-corrected chi connectivity index (χ4v) is 1.72. The largest absolute Gasteiger partial charge is 0.416 e. The van der Waals surface area contributed by atoms with E-state index in [0.29, 0.717) is 6.92 Å². The summed E-state index contributed by atoms with van der Waals surface area (Å²) in [5, 5.41) is 11.1. The van der Waals surface area contributed by atoms with Gasteiger partial charge in [-0.1, -0.05) is 0 Å². The summed E-state index contributed by atoms with van der Waals surface area (Å²) in [4.78, 5) is 0. The fraction of sp³-hybridized carbons (Fsp3) is 0.455. The van der Waals surface area contributed by atoms with E-state index in [-0.39, 0.29) is 0 Å². The molecule has 1 unspecified atom stereocenters. The molecule has 0 saturated heterocycles. The summed E-state index contributed by atoms with van der Waals surface area (Å²) in [7, 11) is 0. The Morgan fingerprint density at radius 1 is 0.762 bits per heavy atom. The van der Waals surface area contributed by atoms with Crippen LogP contribution in [-0.4, -0.2) is 0 Å². The molecule has 0 amide bonds. The molecule has 119 valence electrons. The first-order chi connectivity index (χ1) is 9.15. The topological polar surface area (TPSA) is 19.9 Å². The van der Waals surface area contributed by atoms with Gasteiger partial charge in [0.25, 0.3) is 0 Å². The molecule has 10 heteroatoms. The van der Waals surface area contributed by atoms with Crippen molar-refractivity contribution in [1.82, 2.24) is 0 Å². The van der Waals surface area contributed by atoms with Gasteiger partial charge in [0.05, 0.1) is 16.7 Å². The summed E-state index contributed by atoms with van der Waals surface area (Å²) >= 11 is 0. The molecule has 0 bridgehead atoms. The minimum Gasteiger partial charge on any atom is -0.228 e. The van der Waals surface area contributed by atoms with Crippen LogP contribution in [0.5, 0.6) is 0 Å². The average molecular weight is 325 g/mol. The molecule has 0 aromatic heterocycles. The van der Waals surface area contributed by atoms with Crippen LogP contribution in [0.25, 0.3) is 0 Å². The lowest BCUT2D eigenvalue weighted by molar-refractivity contribution is -0.151. The molecule has 1 radical (unpaired) electrons. The standard InChI is InChI=1S/C11H6F9O/c1-4(21)8-6(10(15,16)17)2-5(9(12,13)14)3-7(8)11(18,19)20/h2-4H,1H3. The molecule has 0 aliphatic carbocycles. The minimum absolute atomic E-state index is 0.487. The van der Waals surface area contributed by atoms with E-state index < -0.39 is 59.0 Å². The SMILES string of the molecule is CC([O])c1c(C(F)(F)F)cc(C(F)(F)F)cc1C(F)(F)F. The smallest absolute Gasteiger partial charge is 0.228 e. The van der Waals surface area contributed by atoms with Gasteiger partial charge in [0.2, 0.25) is 0 Å². The summed E-state index contributed by atoms with van der Waals surface area (Å²) in [6.07, 6.45) is -18.9. The Morgan fingerprint density at radius 2 is 1.10 bits per heavy atom. The Kier molecular flexibility index (Phi) is 4.25. The van der Waals surface area contributed by atoms with Gasteiger partial charge in [0, 0.05) is 5.56 Å². The Bertz CT molecular complexity index is 487. The zero-order valence-corrected chi connectivity index (χ0v) is 10.0. The third-order valence-electron chi connectivity index (χ3n) is 2.52. The summed E-state index contributed by atoms with van der Waals surface area (Å²) in [6.45, 7) is 0.493. The third kappa shape index (κ3) is 3.80. The van der Waals surface area contributed by atoms with Crippen LogP contribution in [0.4, 0.5) is 39.5 Å². The molecule has 1 nitrogen and oxygen atoms in total. The molecule has 1 aromatic rings. The van der Waals surface area contributed by atoms with Crippen LogP contribution >= 0.6 is 0 Å². The number of benzene rings is 1. The molecule has 0 fully saturated rings. The van der Waals surface area contributed by atoms with Gasteiger partial charge in [-0.25, -0.2) is 5.11 Å². The van der Waals surface area contributed by atoms with Crippen LogP contribution in [0, 0.1) is 0 Å². The van der Waals surface area contributed by atoms with Gasteiger partial charge in [-0.3, -0.25) is 0 Å². The van der Waals surface area contributed by atoms with Crippen LogP contribution < -0.4 is 0 Å². The number of hydrogen-bond donors (Lipinski definition) is 0. The maximum Gasteiger partial charge on any atom is 0.416 e. The van der Waals surface area contributed by atoms with Crippen molar-refractivity contribution in [2.45, 2.75) is 31.6 Å². The van der Waals surface area contributed by atoms with Crippen LogP contribution in [-0.2, 0) is 23.6 Å². The maximum atomic E-state index is 12.7. The van der Waals surface area contributed by atoms with Crippen molar-refractivity contribution in [3.63, 3.8) is 0 Å². The normalized spacial score (nSPS) is 15.2. The van der Waals surface area contributed by atoms with Crippen molar-refractivity contribution in [3.8, 4) is 0 Å². The van der Waals surface area contributed by atoms with Crippen molar-refractivity contribution >= 4 is 0 Å². The Hall–Kier alpha value is -1.45. The number of halogens is 9. The van der Waals surface area contributed by atoms with Crippen molar-refractivity contribution in [2.75, 3.05) is 0 Å². The van der Waals surface area contributed by atoms with Crippen molar-refractivity contribution in [2.24, 2.45) is 0 Å². The third-order valence-corrected chi connectivity index (χ3v) is 2.52. The van der Waals surface area contributed by atoms with Gasteiger partial charge in [0.15, 0.2) is 0 Å². The highest BCUT2D eigenvalue weighted by atomic mass is 19.4. The van der Waals surface area contributed by atoms with E-state index in [1.54, 1.807) is 0 Å². The number of rotatable bonds is 1. The van der Waals surface area contributed by atoms with E-state index in [9.17, 15) is 44.6 Å². The predicted molar refractivity (Wildman–Crippen MR) is 50.5 cm³/mol. The second kappa shape index (κ2) is 5.08. The predicted octanol–water partition coefficient (Wildman–Crippen LogP) is 5.23. The van der Waals surface area contributed by atoms with Crippen molar-refractivity contribution in [3.05, 3.63) is 34.4 Å². The second-order valence-corrected chi connectivity index (χ2v) is 4.12. The first-order valence-electron chi connectivity index (χ1n) is 5.21. The molecular formula is C11H6F9O. The second-order valence-electron chi connectivity index (χ2n) is 4.12. The zero-order valence-electron chi connectivity index (χ0n) is 10.0. The highest BCUT2D eigenvalue weighted by Gasteiger charge is 2.45. The molecule has 0 aliphatic heterocycles. The van der Waals surface area contributed by atoms with Crippen LogP contribution in [0.2, 0.25) is 0 Å². The van der Waals surface area contributed by atoms with Crippen LogP contribution in [0.3, 0.4) is 0 Å². The highest BCUT2D eigenvalue weighted by molar-refractivity contribution is 5.44. The highest BCUT2D eigenvalue weighted by Crippen LogP contribution is 2.45. The van der Waals surface area contributed by atoms with Gasteiger partial charge >= 0.3 is 18.5 Å². The molecule has 0 spiro atoms. The Morgan fingerprint density at radius 3 is 1.29 bits per heavy atom. The molecular weight excluding hydrogens is 319 g/mol. The number of alkyl halides is 9. The Balaban J connectivity index is 3.85. The first kappa shape index (κ1) is 17.6. The van der Waals surface area contributed by atoms with Gasteiger partial charge in [-0.2, -0.15) is 39.5 Å². The van der Waals surface area contributed by atoms with Gasteiger partial charge < -0.3 is 0 Å². The molecule has 21 heavy (non-hydrogen) atoms. The van der Waals surface area contributed by atoms with E-state index in [0.717, 1.165) is 0 Å². The van der Waals surface area contributed by atoms with E-state index in [1.807, 2.05) is 0 Å². The molecule has 0 heterocycles. The average Bonchev–Trinajstić information content (AvgIpc) is 2.23. The Labute approximate surface area is 112 Å². The minimum atomic E-state index is -5.52. The summed E-state index contributed by atoms with van der Waals surface area (Å²) in [5.41, 5.74) is -8.33. The molecule has 0 N–H and O–H groups in total.